The van der Waals surface area contributed by atoms with Crippen molar-refractivity contribution in [2.24, 2.45) is 11.7 Å². The van der Waals surface area contributed by atoms with Crippen molar-refractivity contribution >= 4 is 17.3 Å². The van der Waals surface area contributed by atoms with E-state index in [1.165, 1.54) is 31.4 Å². The van der Waals surface area contributed by atoms with Crippen LogP contribution in [0.15, 0.2) is 24.3 Å². The SMILES string of the molecule is N[C@@H]1CCC[C@H]1CC(=O)Nc1cccc(N2CCCCCC2)c1. The molecule has 0 aromatic heterocycles. The second kappa shape index (κ2) is 7.82. The Morgan fingerprint density at radius 2 is 1.91 bits per heavy atom. The van der Waals surface area contributed by atoms with E-state index in [1.807, 2.05) is 12.1 Å². The third-order valence-electron chi connectivity index (χ3n) is 5.27. The summed E-state index contributed by atoms with van der Waals surface area (Å²) >= 11 is 0. The minimum Gasteiger partial charge on any atom is -0.371 e. The van der Waals surface area contributed by atoms with Crippen molar-refractivity contribution in [2.75, 3.05) is 23.3 Å². The molecule has 1 aromatic carbocycles. The molecular formula is C19H29N3O. The lowest BCUT2D eigenvalue weighted by Gasteiger charge is -2.23. The number of anilines is 2. The maximum absolute atomic E-state index is 12.3. The van der Waals surface area contributed by atoms with Crippen molar-refractivity contribution in [3.63, 3.8) is 0 Å². The van der Waals surface area contributed by atoms with Gasteiger partial charge >= 0.3 is 0 Å². The number of hydrogen-bond acceptors (Lipinski definition) is 3. The van der Waals surface area contributed by atoms with Crippen molar-refractivity contribution in [3.8, 4) is 0 Å². The van der Waals surface area contributed by atoms with Crippen molar-refractivity contribution in [1.29, 1.82) is 0 Å². The lowest BCUT2D eigenvalue weighted by atomic mass is 10.00. The molecule has 1 amide bonds. The van der Waals surface area contributed by atoms with Crippen LogP contribution in [-0.2, 0) is 4.79 Å². The van der Waals surface area contributed by atoms with Crippen molar-refractivity contribution < 1.29 is 4.79 Å². The van der Waals surface area contributed by atoms with Gasteiger partial charge in [-0.2, -0.15) is 0 Å². The summed E-state index contributed by atoms with van der Waals surface area (Å²) in [4.78, 5) is 14.7. The van der Waals surface area contributed by atoms with Gasteiger partial charge in [-0.3, -0.25) is 4.79 Å². The molecule has 1 aromatic rings. The van der Waals surface area contributed by atoms with E-state index in [1.54, 1.807) is 0 Å². The third kappa shape index (κ3) is 4.47. The van der Waals surface area contributed by atoms with Gasteiger partial charge in [-0.05, 0) is 49.8 Å². The van der Waals surface area contributed by atoms with Gasteiger partial charge in [0.1, 0.15) is 0 Å². The number of carbonyl (C=O) groups is 1. The van der Waals surface area contributed by atoms with Gasteiger partial charge in [0.2, 0.25) is 5.91 Å². The molecule has 4 nitrogen and oxygen atoms in total. The molecule has 1 saturated carbocycles. The molecule has 0 radical (unpaired) electrons. The highest BCUT2D eigenvalue weighted by molar-refractivity contribution is 5.91. The van der Waals surface area contributed by atoms with Crippen LogP contribution in [0.2, 0.25) is 0 Å². The fourth-order valence-electron chi connectivity index (χ4n) is 3.88. The van der Waals surface area contributed by atoms with Crippen LogP contribution in [0.4, 0.5) is 11.4 Å². The van der Waals surface area contributed by atoms with Crippen LogP contribution >= 0.6 is 0 Å². The van der Waals surface area contributed by atoms with E-state index in [0.29, 0.717) is 12.3 Å². The molecule has 0 bridgehead atoms. The molecule has 126 valence electrons. The van der Waals surface area contributed by atoms with Gasteiger partial charge in [0.05, 0.1) is 0 Å². The van der Waals surface area contributed by atoms with Gasteiger partial charge in [-0.15, -0.1) is 0 Å². The number of amides is 1. The highest BCUT2D eigenvalue weighted by Gasteiger charge is 2.26. The van der Waals surface area contributed by atoms with E-state index < -0.39 is 0 Å². The Morgan fingerprint density at radius 3 is 2.61 bits per heavy atom. The molecule has 1 heterocycles. The van der Waals surface area contributed by atoms with Gasteiger partial charge in [0.25, 0.3) is 0 Å². The summed E-state index contributed by atoms with van der Waals surface area (Å²) in [5.74, 6) is 0.448. The molecule has 0 unspecified atom stereocenters. The van der Waals surface area contributed by atoms with Crippen molar-refractivity contribution in [2.45, 2.75) is 57.4 Å². The van der Waals surface area contributed by atoms with Crippen LogP contribution in [0.3, 0.4) is 0 Å². The molecule has 4 heteroatoms. The smallest absolute Gasteiger partial charge is 0.224 e. The van der Waals surface area contributed by atoms with Gasteiger partial charge in [0.15, 0.2) is 0 Å². The standard InChI is InChI=1S/C19H29N3O/c20-18-10-5-7-15(18)13-19(23)21-16-8-6-9-17(14-16)22-11-3-1-2-4-12-22/h6,8-9,14-15,18H,1-5,7,10-13,20H2,(H,21,23)/t15-,18+/m0/s1. The van der Waals surface area contributed by atoms with E-state index in [0.717, 1.165) is 38.0 Å². The second-order valence-corrected chi connectivity index (χ2v) is 7.06. The summed E-state index contributed by atoms with van der Waals surface area (Å²) in [6, 6.07) is 8.47. The quantitative estimate of drug-likeness (QED) is 0.893. The van der Waals surface area contributed by atoms with Crippen LogP contribution in [0, 0.1) is 5.92 Å². The first-order valence-electron chi connectivity index (χ1n) is 9.13. The van der Waals surface area contributed by atoms with Crippen LogP contribution in [-0.4, -0.2) is 25.0 Å². The molecule has 3 rings (SSSR count). The number of rotatable bonds is 4. The van der Waals surface area contributed by atoms with Crippen LogP contribution in [0.5, 0.6) is 0 Å². The predicted molar refractivity (Wildman–Crippen MR) is 95.7 cm³/mol. The maximum atomic E-state index is 12.3. The molecule has 3 N–H and O–H groups in total. The van der Waals surface area contributed by atoms with Crippen LogP contribution in [0.25, 0.3) is 0 Å². The van der Waals surface area contributed by atoms with Crippen LogP contribution < -0.4 is 16.0 Å². The monoisotopic (exact) mass is 315 g/mol. The summed E-state index contributed by atoms with van der Waals surface area (Å²) in [6.07, 6.45) is 9.03. The largest absolute Gasteiger partial charge is 0.371 e. The fourth-order valence-corrected chi connectivity index (χ4v) is 3.88. The first-order chi connectivity index (χ1) is 11.2. The summed E-state index contributed by atoms with van der Waals surface area (Å²) < 4.78 is 0. The normalized spacial score (nSPS) is 25.2. The molecule has 1 aliphatic heterocycles. The van der Waals surface area contributed by atoms with Gasteiger partial charge in [-0.25, -0.2) is 0 Å². The van der Waals surface area contributed by atoms with E-state index in [-0.39, 0.29) is 11.9 Å². The second-order valence-electron chi connectivity index (χ2n) is 7.06. The Labute approximate surface area is 139 Å². The van der Waals surface area contributed by atoms with E-state index in [2.05, 4.69) is 22.3 Å². The lowest BCUT2D eigenvalue weighted by Crippen LogP contribution is -2.28. The van der Waals surface area contributed by atoms with Crippen LogP contribution in [0.1, 0.15) is 51.4 Å². The number of nitrogens with zero attached hydrogens (tertiary/aromatic N) is 1. The minimum absolute atomic E-state index is 0.0976. The number of carbonyl (C=O) groups excluding carboxylic acids is 1. The van der Waals surface area contributed by atoms with Gasteiger partial charge in [-0.1, -0.05) is 25.3 Å². The topological polar surface area (TPSA) is 58.4 Å². The summed E-state index contributed by atoms with van der Waals surface area (Å²) in [7, 11) is 0. The van der Waals surface area contributed by atoms with Gasteiger partial charge < -0.3 is 16.0 Å². The zero-order chi connectivity index (χ0) is 16.1. The molecule has 2 atom stereocenters. The van der Waals surface area contributed by atoms with Crippen molar-refractivity contribution in [3.05, 3.63) is 24.3 Å². The molecule has 23 heavy (non-hydrogen) atoms. The average molecular weight is 315 g/mol. The van der Waals surface area contributed by atoms with Crippen molar-refractivity contribution in [1.82, 2.24) is 0 Å². The number of hydrogen-bond donors (Lipinski definition) is 2. The Bertz CT molecular complexity index is 523. The zero-order valence-electron chi connectivity index (χ0n) is 14.0. The summed E-state index contributed by atoms with van der Waals surface area (Å²) in [5.41, 5.74) is 8.20. The zero-order valence-corrected chi connectivity index (χ0v) is 14.0. The number of nitrogens with one attached hydrogen (secondary N) is 1. The average Bonchev–Trinajstić information content (AvgIpc) is 2.79. The predicted octanol–water partition coefficient (Wildman–Crippen LogP) is 3.52. The highest BCUT2D eigenvalue weighted by Crippen LogP contribution is 2.28. The summed E-state index contributed by atoms with van der Waals surface area (Å²) in [6.45, 7) is 2.24. The van der Waals surface area contributed by atoms with Gasteiger partial charge in [0, 0.05) is 36.9 Å². The van der Waals surface area contributed by atoms with E-state index in [9.17, 15) is 4.79 Å². The molecular weight excluding hydrogens is 286 g/mol. The van der Waals surface area contributed by atoms with E-state index >= 15 is 0 Å². The number of nitrogens with two attached hydrogens (primary N) is 1. The molecule has 1 saturated heterocycles. The maximum Gasteiger partial charge on any atom is 0.224 e. The molecule has 0 spiro atoms. The first kappa shape index (κ1) is 16.3. The molecule has 1 aliphatic carbocycles. The lowest BCUT2D eigenvalue weighted by molar-refractivity contribution is -0.117. The Hall–Kier alpha value is -1.55. The molecule has 2 fully saturated rings. The Morgan fingerprint density at radius 1 is 1.13 bits per heavy atom. The fraction of sp³-hybridized carbons (Fsp3) is 0.632. The number of benzene rings is 1. The Kier molecular flexibility index (Phi) is 5.55. The Balaban J connectivity index is 1.59. The highest BCUT2D eigenvalue weighted by atomic mass is 16.1. The van der Waals surface area contributed by atoms with E-state index in [4.69, 9.17) is 5.73 Å². The first-order valence-corrected chi connectivity index (χ1v) is 9.13. The third-order valence-corrected chi connectivity index (χ3v) is 5.27. The molecule has 2 aliphatic rings. The minimum atomic E-state index is 0.0976. The summed E-state index contributed by atoms with van der Waals surface area (Å²) in [5, 5.41) is 3.06.